The van der Waals surface area contributed by atoms with Gasteiger partial charge in [-0.1, -0.05) is 6.92 Å². The molecule has 0 aromatic heterocycles. The van der Waals surface area contributed by atoms with E-state index in [1.165, 1.54) is 6.42 Å². The fourth-order valence-electron chi connectivity index (χ4n) is 1.63. The van der Waals surface area contributed by atoms with Crippen LogP contribution in [0.5, 0.6) is 0 Å². The smallest absolute Gasteiger partial charge is 0.232 e. The van der Waals surface area contributed by atoms with E-state index in [0.717, 1.165) is 31.7 Å². The first-order valence-electron chi connectivity index (χ1n) is 5.70. The second kappa shape index (κ2) is 7.12. The summed E-state index contributed by atoms with van der Waals surface area (Å²) >= 11 is 1.64. The molecule has 1 fully saturated rings. The number of piperidine rings is 1. The van der Waals surface area contributed by atoms with Crippen molar-refractivity contribution in [3.8, 4) is 0 Å². The molecule has 1 saturated heterocycles. The van der Waals surface area contributed by atoms with Gasteiger partial charge in [0, 0.05) is 19.7 Å². The first-order valence-corrected chi connectivity index (χ1v) is 6.86. The van der Waals surface area contributed by atoms with Gasteiger partial charge in [-0.25, -0.2) is 0 Å². The van der Waals surface area contributed by atoms with Gasteiger partial charge in [-0.05, 0) is 30.9 Å². The van der Waals surface area contributed by atoms with Crippen LogP contribution in [-0.4, -0.2) is 47.1 Å². The molecule has 1 rings (SSSR count). The molecule has 1 amide bonds. The fourth-order valence-corrected chi connectivity index (χ4v) is 2.62. The molecule has 0 aromatic rings. The SMILES string of the molecule is CC(CO)CSCC(=O)N1CCCCC1. The van der Waals surface area contributed by atoms with E-state index in [9.17, 15) is 4.79 Å². The number of rotatable bonds is 5. The molecule has 3 nitrogen and oxygen atoms in total. The largest absolute Gasteiger partial charge is 0.396 e. The third-order valence-electron chi connectivity index (χ3n) is 2.65. The third-order valence-corrected chi connectivity index (χ3v) is 3.90. The van der Waals surface area contributed by atoms with Gasteiger partial charge in [-0.2, -0.15) is 11.8 Å². The average Bonchev–Trinajstić information content (AvgIpc) is 2.29. The van der Waals surface area contributed by atoms with Crippen molar-refractivity contribution in [1.29, 1.82) is 0 Å². The third kappa shape index (κ3) is 4.89. The van der Waals surface area contributed by atoms with Crippen LogP contribution in [0.2, 0.25) is 0 Å². The van der Waals surface area contributed by atoms with Gasteiger partial charge in [0.15, 0.2) is 0 Å². The van der Waals surface area contributed by atoms with E-state index < -0.39 is 0 Å². The van der Waals surface area contributed by atoms with Crippen molar-refractivity contribution in [3.05, 3.63) is 0 Å². The molecular formula is C11H21NO2S. The van der Waals surface area contributed by atoms with E-state index in [-0.39, 0.29) is 12.5 Å². The molecule has 1 aliphatic heterocycles. The summed E-state index contributed by atoms with van der Waals surface area (Å²) in [5.41, 5.74) is 0. The number of carbonyl (C=O) groups excluding carboxylic acids is 1. The summed E-state index contributed by atoms with van der Waals surface area (Å²) in [4.78, 5) is 13.7. The van der Waals surface area contributed by atoms with Gasteiger partial charge >= 0.3 is 0 Å². The lowest BCUT2D eigenvalue weighted by molar-refractivity contribution is -0.129. The summed E-state index contributed by atoms with van der Waals surface area (Å²) in [6.45, 7) is 4.09. The molecule has 1 atom stereocenters. The average molecular weight is 231 g/mol. The normalized spacial score (nSPS) is 18.9. The molecule has 15 heavy (non-hydrogen) atoms. The molecule has 0 saturated carbocycles. The van der Waals surface area contributed by atoms with Gasteiger partial charge in [0.05, 0.1) is 5.75 Å². The van der Waals surface area contributed by atoms with Gasteiger partial charge in [-0.15, -0.1) is 0 Å². The Morgan fingerprint density at radius 3 is 2.67 bits per heavy atom. The van der Waals surface area contributed by atoms with Crippen LogP contribution in [-0.2, 0) is 4.79 Å². The maximum Gasteiger partial charge on any atom is 0.232 e. The highest BCUT2D eigenvalue weighted by atomic mass is 32.2. The number of hydrogen-bond acceptors (Lipinski definition) is 3. The lowest BCUT2D eigenvalue weighted by Gasteiger charge is -2.26. The summed E-state index contributed by atoms with van der Waals surface area (Å²) < 4.78 is 0. The van der Waals surface area contributed by atoms with Crippen molar-refractivity contribution in [1.82, 2.24) is 4.90 Å². The number of hydrogen-bond donors (Lipinski definition) is 1. The van der Waals surface area contributed by atoms with Gasteiger partial charge in [0.25, 0.3) is 0 Å². The Morgan fingerprint density at radius 2 is 2.07 bits per heavy atom. The zero-order valence-corrected chi connectivity index (χ0v) is 10.3. The van der Waals surface area contributed by atoms with Gasteiger partial charge in [0.1, 0.15) is 0 Å². The quantitative estimate of drug-likeness (QED) is 0.776. The van der Waals surface area contributed by atoms with Gasteiger partial charge < -0.3 is 10.0 Å². The zero-order chi connectivity index (χ0) is 11.1. The lowest BCUT2D eigenvalue weighted by atomic mass is 10.1. The van der Waals surface area contributed by atoms with E-state index in [4.69, 9.17) is 5.11 Å². The molecular weight excluding hydrogens is 210 g/mol. The van der Waals surface area contributed by atoms with E-state index in [0.29, 0.717) is 11.7 Å². The van der Waals surface area contributed by atoms with Crippen molar-refractivity contribution < 1.29 is 9.90 Å². The zero-order valence-electron chi connectivity index (χ0n) is 9.45. The van der Waals surface area contributed by atoms with Crippen molar-refractivity contribution in [2.24, 2.45) is 5.92 Å². The molecule has 0 spiro atoms. The van der Waals surface area contributed by atoms with Crippen LogP contribution in [0.25, 0.3) is 0 Å². The number of aliphatic hydroxyl groups excluding tert-OH is 1. The van der Waals surface area contributed by atoms with Crippen molar-refractivity contribution in [2.45, 2.75) is 26.2 Å². The number of amides is 1. The Hall–Kier alpha value is -0.220. The number of thioether (sulfide) groups is 1. The maximum atomic E-state index is 11.7. The molecule has 0 bridgehead atoms. The Kier molecular flexibility index (Phi) is 6.10. The van der Waals surface area contributed by atoms with Crippen molar-refractivity contribution >= 4 is 17.7 Å². The Balaban J connectivity index is 2.12. The van der Waals surface area contributed by atoms with Crippen LogP contribution in [0.4, 0.5) is 0 Å². The number of carbonyl (C=O) groups is 1. The molecule has 1 aliphatic rings. The van der Waals surface area contributed by atoms with Crippen LogP contribution in [0.15, 0.2) is 0 Å². The Bertz CT molecular complexity index is 193. The summed E-state index contributed by atoms with van der Waals surface area (Å²) in [5, 5.41) is 8.84. The number of likely N-dealkylation sites (tertiary alicyclic amines) is 1. The van der Waals surface area contributed by atoms with Gasteiger partial charge in [0.2, 0.25) is 5.91 Å². The van der Waals surface area contributed by atoms with Crippen molar-refractivity contribution in [2.75, 3.05) is 31.2 Å². The Morgan fingerprint density at radius 1 is 1.40 bits per heavy atom. The molecule has 1 heterocycles. The summed E-state index contributed by atoms with van der Waals surface area (Å²) in [6.07, 6.45) is 3.57. The number of aliphatic hydroxyl groups is 1. The van der Waals surface area contributed by atoms with E-state index in [1.54, 1.807) is 11.8 Å². The molecule has 0 aromatic carbocycles. The highest BCUT2D eigenvalue weighted by Crippen LogP contribution is 2.13. The molecule has 1 unspecified atom stereocenters. The minimum absolute atomic E-state index is 0.213. The summed E-state index contributed by atoms with van der Waals surface area (Å²) in [7, 11) is 0. The monoisotopic (exact) mass is 231 g/mol. The summed E-state index contributed by atoms with van der Waals surface area (Å²) in [6, 6.07) is 0. The highest BCUT2D eigenvalue weighted by molar-refractivity contribution is 7.99. The molecule has 0 aliphatic carbocycles. The first-order chi connectivity index (χ1) is 7.24. The van der Waals surface area contributed by atoms with E-state index in [2.05, 4.69) is 0 Å². The lowest BCUT2D eigenvalue weighted by Crippen LogP contribution is -2.36. The van der Waals surface area contributed by atoms with Crippen LogP contribution in [0.3, 0.4) is 0 Å². The van der Waals surface area contributed by atoms with Crippen LogP contribution in [0.1, 0.15) is 26.2 Å². The molecule has 88 valence electrons. The predicted molar refractivity (Wildman–Crippen MR) is 64.0 cm³/mol. The standard InChI is InChI=1S/C11H21NO2S/c1-10(7-13)8-15-9-11(14)12-5-3-2-4-6-12/h10,13H,2-9H2,1H3. The Labute approximate surface area is 96.2 Å². The second-order valence-corrected chi connectivity index (χ2v) is 5.27. The predicted octanol–water partition coefficient (Wildman–Crippen LogP) is 1.36. The first kappa shape index (κ1) is 12.8. The topological polar surface area (TPSA) is 40.5 Å². The second-order valence-electron chi connectivity index (χ2n) is 4.24. The molecule has 0 radical (unpaired) electrons. The van der Waals surface area contributed by atoms with Crippen LogP contribution < -0.4 is 0 Å². The number of nitrogens with zero attached hydrogens (tertiary/aromatic N) is 1. The van der Waals surface area contributed by atoms with Gasteiger partial charge in [-0.3, -0.25) is 4.79 Å². The van der Waals surface area contributed by atoms with E-state index in [1.807, 2.05) is 11.8 Å². The van der Waals surface area contributed by atoms with E-state index >= 15 is 0 Å². The van der Waals surface area contributed by atoms with Crippen LogP contribution in [0, 0.1) is 5.92 Å². The molecule has 4 heteroatoms. The minimum Gasteiger partial charge on any atom is -0.396 e. The molecule has 1 N–H and O–H groups in total. The van der Waals surface area contributed by atoms with Crippen LogP contribution >= 0.6 is 11.8 Å². The van der Waals surface area contributed by atoms with Crippen molar-refractivity contribution in [3.63, 3.8) is 0 Å². The highest BCUT2D eigenvalue weighted by Gasteiger charge is 2.16. The summed E-state index contributed by atoms with van der Waals surface area (Å²) in [5.74, 6) is 2.01. The maximum absolute atomic E-state index is 11.7. The minimum atomic E-state index is 0.213. The fraction of sp³-hybridized carbons (Fsp3) is 0.909.